The molecule has 4 fully saturated rings. The van der Waals surface area contributed by atoms with E-state index in [0.717, 1.165) is 57.2 Å². The maximum absolute atomic E-state index is 13.9. The molecule has 1 aromatic heterocycles. The van der Waals surface area contributed by atoms with Gasteiger partial charge in [-0.15, -0.1) is 0 Å². The first-order valence-corrected chi connectivity index (χ1v) is 21.9. The highest BCUT2D eigenvalue weighted by Crippen LogP contribution is 2.38. The van der Waals surface area contributed by atoms with Crippen LogP contribution >= 0.6 is 23.2 Å². The molecule has 2 bridgehead atoms. The average Bonchev–Trinajstić information content (AvgIpc) is 4.08. The quantitative estimate of drug-likeness (QED) is 0.0490. The van der Waals surface area contributed by atoms with E-state index < -0.39 is 52.9 Å². The topological polar surface area (TPSA) is 185 Å². The Morgan fingerprint density at radius 3 is 2.14 bits per heavy atom. The molecule has 3 aromatic carbocycles. The number of carboxylic acid groups (broad SMARTS) is 1. The van der Waals surface area contributed by atoms with Crippen LogP contribution in [0.4, 0.5) is 22.0 Å². The first-order chi connectivity index (χ1) is 30.3. The van der Waals surface area contributed by atoms with Gasteiger partial charge in [-0.25, -0.2) is 22.8 Å². The van der Waals surface area contributed by atoms with Crippen molar-refractivity contribution in [1.82, 2.24) is 9.62 Å². The van der Waals surface area contributed by atoms with E-state index in [2.05, 4.69) is 14.4 Å². The number of carboxylic acids is 1. The third kappa shape index (κ3) is 12.9. The number of benzene rings is 3. The van der Waals surface area contributed by atoms with Crippen LogP contribution in [0.25, 0.3) is 0 Å². The Morgan fingerprint density at radius 1 is 0.906 bits per heavy atom. The second-order valence-corrected chi connectivity index (χ2v) is 17.7. The largest absolute Gasteiger partial charge is 0.619 e. The molecule has 0 spiro atoms. The van der Waals surface area contributed by atoms with Gasteiger partial charge < -0.3 is 29.3 Å². The van der Waals surface area contributed by atoms with Gasteiger partial charge in [-0.1, -0.05) is 65.7 Å². The lowest BCUT2D eigenvalue weighted by atomic mass is 9.86. The number of nitrogens with one attached hydrogen (secondary N) is 1. The maximum atomic E-state index is 13.9. The lowest BCUT2D eigenvalue weighted by Gasteiger charge is -2.44. The number of rotatable bonds is 16. The number of fused-ring (bicyclic) bond motifs is 3. The summed E-state index contributed by atoms with van der Waals surface area (Å²) in [4.78, 5) is 38.4. The molecule has 1 saturated carbocycles. The summed E-state index contributed by atoms with van der Waals surface area (Å²) < 4.78 is 112. The van der Waals surface area contributed by atoms with Crippen LogP contribution in [0.3, 0.4) is 0 Å². The van der Waals surface area contributed by atoms with Crippen molar-refractivity contribution in [3.05, 3.63) is 123 Å². The molecule has 2 N–H and O–H groups in total. The fourth-order valence-corrected chi connectivity index (χ4v) is 8.85. The zero-order valence-corrected chi connectivity index (χ0v) is 35.7. The number of nitrogens with zero attached hydrogens (tertiary/aromatic N) is 2. The monoisotopic (exact) mass is 959 g/mol. The molecule has 4 aromatic rings. The average molecular weight is 961 g/mol. The number of aromatic nitrogens is 1. The van der Waals surface area contributed by atoms with Crippen molar-refractivity contribution >= 4 is 51.1 Å². The molecule has 3 saturated heterocycles. The van der Waals surface area contributed by atoms with Gasteiger partial charge in [-0.05, 0) is 92.1 Å². The molecule has 4 aliphatic rings. The number of sulfonamides is 1. The number of alkyl halides is 5. The van der Waals surface area contributed by atoms with Gasteiger partial charge in [0.05, 0.1) is 17.1 Å². The molecule has 8 rings (SSSR count). The van der Waals surface area contributed by atoms with E-state index in [1.807, 2.05) is 0 Å². The van der Waals surface area contributed by atoms with Crippen molar-refractivity contribution in [1.29, 1.82) is 0 Å². The number of hydrogen-bond acceptors (Lipinski definition) is 11. The van der Waals surface area contributed by atoms with Gasteiger partial charge in [0.15, 0.2) is 23.9 Å². The standard InChI is InChI=1S/C40H39Cl2F2N3O9S.C2HF3O2/c41-31-20-47(50)21-32(42)30(31)19-34(27-11-12-33(56-40(43)44)35(18-27)53-23-24-9-10-24)54-38(48)28-7-4-8-29(17-28)57(51,52)45-37(26-5-2-1-3-6-26)39(49)55-36-22-46-15-13-25(36)14-16-46;3-2(4,5)1(6)7/h1-8,11-12,17-18,20-21,24-25,34,36-37,40,45H,9-10,13-16,19,22-23H2;(H,6,7)/t34-,36+,37?;/m0./s1. The highest BCUT2D eigenvalue weighted by atomic mass is 35.5. The Bertz CT molecular complexity index is 2400. The number of carbonyl (C=O) groups excluding carboxylic acids is 2. The molecule has 64 heavy (non-hydrogen) atoms. The molecule has 3 atom stereocenters. The molecule has 22 heteroatoms. The van der Waals surface area contributed by atoms with Gasteiger partial charge in [0.1, 0.15) is 28.3 Å². The van der Waals surface area contributed by atoms with E-state index >= 15 is 0 Å². The van der Waals surface area contributed by atoms with Crippen LogP contribution in [0, 0.1) is 17.0 Å². The fraction of sp³-hybridized carbons (Fsp3) is 0.381. The van der Waals surface area contributed by atoms with Gasteiger partial charge in [-0.3, -0.25) is 4.90 Å². The van der Waals surface area contributed by atoms with E-state index in [-0.39, 0.29) is 74.1 Å². The van der Waals surface area contributed by atoms with Gasteiger partial charge in [0.2, 0.25) is 10.0 Å². The summed E-state index contributed by atoms with van der Waals surface area (Å²) >= 11 is 12.8. The second-order valence-electron chi connectivity index (χ2n) is 15.1. The highest BCUT2D eigenvalue weighted by molar-refractivity contribution is 7.89. The number of ether oxygens (including phenoxy) is 4. The molecule has 3 aliphatic heterocycles. The third-order valence-corrected chi connectivity index (χ3v) is 12.6. The highest BCUT2D eigenvalue weighted by Gasteiger charge is 2.40. The van der Waals surface area contributed by atoms with Crippen molar-refractivity contribution in [3.8, 4) is 11.5 Å². The summed E-state index contributed by atoms with van der Waals surface area (Å²) in [5, 5.41) is 19.1. The number of aliphatic carboxylic acids is 1. The molecular weight excluding hydrogens is 920 g/mol. The summed E-state index contributed by atoms with van der Waals surface area (Å²) in [7, 11) is -4.46. The first-order valence-electron chi connectivity index (χ1n) is 19.7. The Balaban J connectivity index is 0.000000898. The molecule has 1 unspecified atom stereocenters. The van der Waals surface area contributed by atoms with E-state index in [9.17, 15) is 45.2 Å². The van der Waals surface area contributed by atoms with E-state index in [0.29, 0.717) is 16.8 Å². The van der Waals surface area contributed by atoms with Gasteiger partial charge in [0.25, 0.3) is 0 Å². The second kappa shape index (κ2) is 20.7. The van der Waals surface area contributed by atoms with Crippen LogP contribution in [0.1, 0.15) is 64.9 Å². The van der Waals surface area contributed by atoms with Crippen molar-refractivity contribution < 1.29 is 73.5 Å². The van der Waals surface area contributed by atoms with Crippen LogP contribution < -0.4 is 18.9 Å². The molecule has 0 radical (unpaired) electrons. The van der Waals surface area contributed by atoms with Crippen LogP contribution in [0.5, 0.6) is 11.5 Å². The van der Waals surface area contributed by atoms with Crippen LogP contribution in [-0.4, -0.2) is 81.5 Å². The number of esters is 2. The summed E-state index contributed by atoms with van der Waals surface area (Å²) in [6.45, 7) is -0.434. The zero-order chi connectivity index (χ0) is 46.3. The Hall–Kier alpha value is -5.28. The molecular formula is C42H40Cl2F5N3O11S. The summed E-state index contributed by atoms with van der Waals surface area (Å²) in [5.41, 5.74) is 0.727. The van der Waals surface area contributed by atoms with Crippen LogP contribution in [-0.2, 0) is 35.5 Å². The number of carbonyl (C=O) groups is 3. The minimum atomic E-state index is -5.08. The molecule has 344 valence electrons. The maximum Gasteiger partial charge on any atom is 0.490 e. The summed E-state index contributed by atoms with van der Waals surface area (Å²) in [6, 6.07) is 16.1. The molecule has 4 heterocycles. The van der Waals surface area contributed by atoms with Gasteiger partial charge in [0, 0.05) is 18.5 Å². The number of hydrogen-bond donors (Lipinski definition) is 2. The van der Waals surface area contributed by atoms with E-state index in [1.165, 1.54) is 36.4 Å². The Kier molecular flexibility index (Phi) is 15.6. The van der Waals surface area contributed by atoms with Crippen molar-refractivity contribution in [2.24, 2.45) is 11.8 Å². The van der Waals surface area contributed by atoms with Crippen molar-refractivity contribution in [2.75, 3.05) is 26.2 Å². The predicted octanol–water partition coefficient (Wildman–Crippen LogP) is 7.45. The Morgan fingerprint density at radius 2 is 1.56 bits per heavy atom. The summed E-state index contributed by atoms with van der Waals surface area (Å²) in [5.74, 6) is -4.24. The van der Waals surface area contributed by atoms with Gasteiger partial charge in [-0.2, -0.15) is 31.4 Å². The van der Waals surface area contributed by atoms with Crippen molar-refractivity contribution in [2.45, 2.75) is 68.0 Å². The Labute approximate surface area is 373 Å². The van der Waals surface area contributed by atoms with E-state index in [4.69, 9.17) is 47.3 Å². The minimum absolute atomic E-state index is 0.0115. The number of halogens is 7. The fourth-order valence-electron chi connectivity index (χ4n) is 7.03. The normalized spacial score (nSPS) is 19.2. The van der Waals surface area contributed by atoms with Crippen LogP contribution in [0.2, 0.25) is 10.0 Å². The summed E-state index contributed by atoms with van der Waals surface area (Å²) in [6.07, 6.45) is -1.05. The lowest BCUT2D eigenvalue weighted by Crippen LogP contribution is -2.52. The van der Waals surface area contributed by atoms with Gasteiger partial charge >= 0.3 is 30.7 Å². The minimum Gasteiger partial charge on any atom is -0.619 e. The predicted molar refractivity (Wildman–Crippen MR) is 217 cm³/mol. The lowest BCUT2D eigenvalue weighted by molar-refractivity contribution is -0.605. The molecule has 0 amide bonds. The molecule has 1 aliphatic carbocycles. The van der Waals surface area contributed by atoms with Crippen molar-refractivity contribution in [3.63, 3.8) is 0 Å². The first kappa shape index (κ1) is 48.2. The number of pyridine rings is 1. The van der Waals surface area contributed by atoms with Crippen LogP contribution in [0.15, 0.2) is 90.1 Å². The van der Waals surface area contributed by atoms with E-state index in [1.54, 1.807) is 30.3 Å². The SMILES string of the molecule is O=C(O)C(F)(F)F.O=C(O[C@@H](Cc1c(Cl)c[n+]([O-])cc1Cl)c1ccc(OC(F)F)c(OCC2CC2)c1)c1cccc(S(=O)(=O)NC(C(=O)O[C@@H]2CN3CCC2CC3)c2ccccc2)c1. The third-order valence-electron chi connectivity index (χ3n) is 10.6. The molecule has 14 nitrogen and oxygen atoms in total. The number of piperidine rings is 3. The smallest absolute Gasteiger partial charge is 0.490 e. The zero-order valence-electron chi connectivity index (χ0n) is 33.4.